The van der Waals surface area contributed by atoms with Crippen molar-refractivity contribution >= 4 is 10.9 Å². The summed E-state index contributed by atoms with van der Waals surface area (Å²) in [7, 11) is 3.67. The molecular formula is C18H26FN3O2. The number of aromatic amines is 1. The molecule has 1 atom stereocenters. The smallest absolute Gasteiger partial charge is 0.123 e. The lowest BCUT2D eigenvalue weighted by molar-refractivity contribution is 0.0677. The van der Waals surface area contributed by atoms with Crippen LogP contribution in [0.15, 0.2) is 18.2 Å². The number of hydrogen-bond acceptors (Lipinski definition) is 4. The molecule has 2 heterocycles. The van der Waals surface area contributed by atoms with Crippen molar-refractivity contribution in [2.45, 2.75) is 19.1 Å². The predicted molar refractivity (Wildman–Crippen MR) is 92.6 cm³/mol. The summed E-state index contributed by atoms with van der Waals surface area (Å²) < 4.78 is 18.6. The molecule has 2 aromatic rings. The maximum atomic E-state index is 13.6. The zero-order chi connectivity index (χ0) is 17.1. The summed E-state index contributed by atoms with van der Waals surface area (Å²) in [5.74, 6) is -0.207. The van der Waals surface area contributed by atoms with Crippen LogP contribution in [0.1, 0.15) is 11.3 Å². The number of methoxy groups -OCH3 is 1. The number of aliphatic hydroxyl groups is 1. The largest absolute Gasteiger partial charge is 0.390 e. The number of hydrogen-bond donors (Lipinski definition) is 2. The highest BCUT2D eigenvalue weighted by Crippen LogP contribution is 2.28. The lowest BCUT2D eigenvalue weighted by Crippen LogP contribution is -2.41. The van der Waals surface area contributed by atoms with Crippen molar-refractivity contribution in [1.29, 1.82) is 0 Å². The van der Waals surface area contributed by atoms with Gasteiger partial charge in [-0.1, -0.05) is 0 Å². The third-order valence-corrected chi connectivity index (χ3v) is 4.68. The summed E-state index contributed by atoms with van der Waals surface area (Å²) in [4.78, 5) is 7.71. The molecule has 2 N–H and O–H groups in total. The lowest BCUT2D eigenvalue weighted by Gasteiger charge is -2.30. The van der Waals surface area contributed by atoms with E-state index < -0.39 is 6.10 Å². The highest BCUT2D eigenvalue weighted by atomic mass is 19.1. The molecule has 0 unspecified atom stereocenters. The van der Waals surface area contributed by atoms with Crippen LogP contribution in [0.25, 0.3) is 10.9 Å². The minimum Gasteiger partial charge on any atom is -0.390 e. The fourth-order valence-corrected chi connectivity index (χ4v) is 3.45. The highest BCUT2D eigenvalue weighted by Gasteiger charge is 2.23. The van der Waals surface area contributed by atoms with E-state index in [0.29, 0.717) is 19.7 Å². The second-order valence-electron chi connectivity index (χ2n) is 6.67. The summed E-state index contributed by atoms with van der Waals surface area (Å²) in [5, 5.41) is 11.3. The summed E-state index contributed by atoms with van der Waals surface area (Å²) in [5.41, 5.74) is 3.34. The van der Waals surface area contributed by atoms with Crippen LogP contribution in [-0.4, -0.2) is 72.9 Å². The van der Waals surface area contributed by atoms with Gasteiger partial charge in [0.25, 0.3) is 0 Å². The van der Waals surface area contributed by atoms with Crippen molar-refractivity contribution in [1.82, 2.24) is 14.8 Å². The van der Waals surface area contributed by atoms with Crippen molar-refractivity contribution in [2.24, 2.45) is 0 Å². The zero-order valence-electron chi connectivity index (χ0n) is 14.4. The molecule has 1 aromatic heterocycles. The van der Waals surface area contributed by atoms with Gasteiger partial charge in [0.1, 0.15) is 5.82 Å². The number of nitrogens with zero attached hydrogens (tertiary/aromatic N) is 2. The number of nitrogens with one attached hydrogen (secondary N) is 1. The fourth-order valence-electron chi connectivity index (χ4n) is 3.45. The van der Waals surface area contributed by atoms with Crippen molar-refractivity contribution in [3.8, 4) is 0 Å². The van der Waals surface area contributed by atoms with E-state index in [4.69, 9.17) is 4.74 Å². The Morgan fingerprint density at radius 3 is 3.08 bits per heavy atom. The van der Waals surface area contributed by atoms with Crippen LogP contribution in [0.2, 0.25) is 0 Å². The molecule has 6 heteroatoms. The highest BCUT2D eigenvalue weighted by molar-refractivity contribution is 5.84. The van der Waals surface area contributed by atoms with Crippen LogP contribution >= 0.6 is 0 Å². The molecule has 1 aliphatic heterocycles. The van der Waals surface area contributed by atoms with Crippen LogP contribution in [0.5, 0.6) is 0 Å². The fraction of sp³-hybridized carbons (Fsp3) is 0.556. The first-order valence-electron chi connectivity index (χ1n) is 8.43. The Labute approximate surface area is 142 Å². The van der Waals surface area contributed by atoms with E-state index in [1.807, 2.05) is 7.05 Å². The number of benzene rings is 1. The van der Waals surface area contributed by atoms with Crippen LogP contribution in [0.3, 0.4) is 0 Å². The Balaban J connectivity index is 1.62. The zero-order valence-corrected chi connectivity index (χ0v) is 14.4. The number of aliphatic hydroxyl groups excluding tert-OH is 1. The van der Waals surface area contributed by atoms with Crippen LogP contribution < -0.4 is 0 Å². The topological polar surface area (TPSA) is 51.7 Å². The lowest BCUT2D eigenvalue weighted by atomic mass is 10.0. The molecule has 0 aliphatic carbocycles. The molecule has 0 spiro atoms. The maximum Gasteiger partial charge on any atom is 0.123 e. The van der Waals surface area contributed by atoms with Gasteiger partial charge in [-0.3, -0.25) is 4.90 Å². The Morgan fingerprint density at radius 2 is 2.29 bits per heavy atom. The molecule has 5 nitrogen and oxygen atoms in total. The van der Waals surface area contributed by atoms with Gasteiger partial charge in [-0.15, -0.1) is 0 Å². The normalized spacial score (nSPS) is 16.7. The van der Waals surface area contributed by atoms with Gasteiger partial charge in [0.2, 0.25) is 0 Å². The van der Waals surface area contributed by atoms with Crippen LogP contribution in [-0.2, 0) is 17.7 Å². The second kappa shape index (κ2) is 7.61. The monoisotopic (exact) mass is 335 g/mol. The van der Waals surface area contributed by atoms with Gasteiger partial charge < -0.3 is 19.7 Å². The number of β-amino-alcohol motifs (C(OH)–C–C–N with tert-alkyl or cyclic N) is 1. The van der Waals surface area contributed by atoms with Gasteiger partial charge >= 0.3 is 0 Å². The van der Waals surface area contributed by atoms with Gasteiger partial charge in [0.05, 0.1) is 12.7 Å². The Hall–Kier alpha value is -1.47. The molecule has 0 fully saturated rings. The van der Waals surface area contributed by atoms with E-state index in [1.165, 1.54) is 11.8 Å². The number of rotatable bonds is 7. The van der Waals surface area contributed by atoms with Gasteiger partial charge in [-0.05, 0) is 30.8 Å². The van der Waals surface area contributed by atoms with Crippen molar-refractivity contribution in [3.63, 3.8) is 0 Å². The first-order chi connectivity index (χ1) is 11.6. The number of likely N-dealkylation sites (N-methyl/N-ethyl adjacent to an activating group) is 1. The first kappa shape index (κ1) is 17.4. The Morgan fingerprint density at radius 1 is 1.46 bits per heavy atom. The molecule has 132 valence electrons. The van der Waals surface area contributed by atoms with Crippen LogP contribution in [0, 0.1) is 5.82 Å². The van der Waals surface area contributed by atoms with Crippen molar-refractivity contribution in [2.75, 3.05) is 46.9 Å². The molecule has 24 heavy (non-hydrogen) atoms. The Bertz CT molecular complexity index is 688. The molecular weight excluding hydrogens is 309 g/mol. The second-order valence-corrected chi connectivity index (χ2v) is 6.67. The SMILES string of the molecule is COCCN(C)C[C@@H](O)CN1CCc2[nH]c3ccc(F)cc3c2C1. The van der Waals surface area contributed by atoms with E-state index in [-0.39, 0.29) is 5.82 Å². The number of fused-ring (bicyclic) bond motifs is 3. The molecule has 0 amide bonds. The van der Waals surface area contributed by atoms with E-state index in [1.54, 1.807) is 19.2 Å². The minimum atomic E-state index is -0.407. The predicted octanol–water partition coefficient (Wildman–Crippen LogP) is 1.60. The molecule has 1 aromatic carbocycles. The number of halogens is 1. The molecule has 1 aliphatic rings. The average Bonchev–Trinajstić information content (AvgIpc) is 2.90. The number of ether oxygens (including phenoxy) is 1. The maximum absolute atomic E-state index is 13.6. The van der Waals surface area contributed by atoms with E-state index >= 15 is 0 Å². The summed E-state index contributed by atoms with van der Waals surface area (Å²) in [6.07, 6.45) is 0.494. The third-order valence-electron chi connectivity index (χ3n) is 4.68. The quantitative estimate of drug-likeness (QED) is 0.807. The van der Waals surface area contributed by atoms with Crippen molar-refractivity contribution in [3.05, 3.63) is 35.3 Å². The van der Waals surface area contributed by atoms with E-state index in [9.17, 15) is 9.50 Å². The minimum absolute atomic E-state index is 0.207. The first-order valence-corrected chi connectivity index (χ1v) is 8.43. The summed E-state index contributed by atoms with van der Waals surface area (Å²) >= 11 is 0. The van der Waals surface area contributed by atoms with Gasteiger partial charge in [-0.25, -0.2) is 4.39 Å². The van der Waals surface area contributed by atoms with Gasteiger partial charge in [-0.2, -0.15) is 0 Å². The third kappa shape index (κ3) is 3.95. The van der Waals surface area contributed by atoms with Gasteiger partial charge in [0.15, 0.2) is 0 Å². The molecule has 0 bridgehead atoms. The van der Waals surface area contributed by atoms with E-state index in [0.717, 1.165) is 42.5 Å². The summed E-state index contributed by atoms with van der Waals surface area (Å²) in [6.45, 7) is 4.36. The number of aromatic nitrogens is 1. The molecule has 3 rings (SSSR count). The van der Waals surface area contributed by atoms with E-state index in [2.05, 4.69) is 14.8 Å². The molecule has 0 saturated carbocycles. The Kier molecular flexibility index (Phi) is 5.50. The van der Waals surface area contributed by atoms with Gasteiger partial charge in [0, 0.05) is 62.9 Å². The molecule has 0 radical (unpaired) electrons. The van der Waals surface area contributed by atoms with Crippen molar-refractivity contribution < 1.29 is 14.2 Å². The average molecular weight is 335 g/mol. The van der Waals surface area contributed by atoms with Crippen LogP contribution in [0.4, 0.5) is 4.39 Å². The number of H-pyrrole nitrogens is 1. The summed E-state index contributed by atoms with van der Waals surface area (Å²) in [6, 6.07) is 4.89. The standard InChI is InChI=1S/C18H26FN3O2/c1-21(7-8-24-2)10-14(23)11-22-6-5-18-16(12-22)15-9-13(19)3-4-17(15)20-18/h3-4,9,14,20,23H,5-8,10-12H2,1-2H3/t14-/m1/s1. The molecule has 0 saturated heterocycles.